The van der Waals surface area contributed by atoms with Crippen LogP contribution in [0.2, 0.25) is 0 Å². The normalized spacial score (nSPS) is 20.3. The van der Waals surface area contributed by atoms with Crippen LogP contribution in [-0.2, 0) is 27.1 Å². The average molecular weight is 1100 g/mol. The molecule has 0 N–H and O–H groups in total. The van der Waals surface area contributed by atoms with Gasteiger partial charge in [0.2, 0.25) is 0 Å². The lowest BCUT2D eigenvalue weighted by molar-refractivity contribution is 0.195. The van der Waals surface area contributed by atoms with Crippen molar-refractivity contribution in [3.8, 4) is 11.1 Å². The molecular weight excluding hydrogens is 1020 g/mol. The van der Waals surface area contributed by atoms with E-state index >= 15 is 0 Å². The Balaban J connectivity index is 1.11. The van der Waals surface area contributed by atoms with Crippen molar-refractivity contribution < 1.29 is 8.83 Å². The Labute approximate surface area is 496 Å². The zero-order valence-corrected chi connectivity index (χ0v) is 51.1. The van der Waals surface area contributed by atoms with Gasteiger partial charge in [-0.3, -0.25) is 0 Å². The minimum Gasteiger partial charge on any atom is -0.456 e. The third-order valence-electron chi connectivity index (χ3n) is 21.6. The van der Waals surface area contributed by atoms with Crippen LogP contribution in [0.4, 0.5) is 45.5 Å². The number of hydrogen-bond acceptors (Lipinski definition) is 5. The number of hydrogen-bond donors (Lipinski definition) is 0. The van der Waals surface area contributed by atoms with Crippen molar-refractivity contribution in [3.63, 3.8) is 0 Å². The number of nitrogens with zero attached hydrogens (tertiary/aromatic N) is 3. The van der Waals surface area contributed by atoms with E-state index in [1.807, 2.05) is 0 Å². The maximum atomic E-state index is 7.43. The summed E-state index contributed by atoms with van der Waals surface area (Å²) in [6, 6.07) is 65.4. The van der Waals surface area contributed by atoms with Crippen LogP contribution in [0.25, 0.3) is 55.0 Å². The lowest BCUT2D eigenvalue weighted by atomic mass is 9.33. The summed E-state index contributed by atoms with van der Waals surface area (Å²) < 4.78 is 14.3. The van der Waals surface area contributed by atoms with Crippen LogP contribution in [0, 0.1) is 0 Å². The van der Waals surface area contributed by atoms with Gasteiger partial charge < -0.3 is 23.5 Å². The highest BCUT2D eigenvalue weighted by Crippen LogP contribution is 2.63. The number of rotatable bonds is 4. The van der Waals surface area contributed by atoms with Gasteiger partial charge in [0.05, 0.1) is 28.0 Å². The van der Waals surface area contributed by atoms with Crippen LogP contribution < -0.4 is 31.1 Å². The van der Waals surface area contributed by atoms with Crippen LogP contribution in [0.15, 0.2) is 179 Å². The fraction of sp³-hybridized carbons (Fsp3) is 0.308. The lowest BCUT2D eigenvalue weighted by Gasteiger charge is -2.51. The zero-order chi connectivity index (χ0) is 57.8. The van der Waals surface area contributed by atoms with Crippen molar-refractivity contribution in [1.29, 1.82) is 0 Å². The van der Waals surface area contributed by atoms with Crippen LogP contribution in [0.5, 0.6) is 0 Å². The quantitative estimate of drug-likeness (QED) is 0.164. The molecule has 5 aliphatic rings. The highest BCUT2D eigenvalue weighted by atomic mass is 16.3. The van der Waals surface area contributed by atoms with Crippen molar-refractivity contribution in [2.75, 3.05) is 14.7 Å². The molecule has 0 spiro atoms. The molecule has 0 saturated heterocycles. The molecule has 0 radical (unpaired) electrons. The maximum Gasteiger partial charge on any atom is 0.252 e. The minimum atomic E-state index is -0.232. The molecule has 16 rings (SSSR count). The molecule has 2 aromatic heterocycles. The Morgan fingerprint density at radius 3 is 1.79 bits per heavy atom. The minimum absolute atomic E-state index is 0.00109. The first-order valence-electron chi connectivity index (χ1n) is 31.1. The predicted octanol–water partition coefficient (Wildman–Crippen LogP) is 19.9. The molecule has 84 heavy (non-hydrogen) atoms. The molecule has 0 bridgehead atoms. The Morgan fingerprint density at radius 2 is 1.06 bits per heavy atom. The van der Waals surface area contributed by atoms with Crippen molar-refractivity contribution in [3.05, 3.63) is 198 Å². The molecule has 9 aromatic carbocycles. The molecule has 1 saturated carbocycles. The third kappa shape index (κ3) is 7.09. The second-order valence-corrected chi connectivity index (χ2v) is 29.4. The molecule has 2 atom stereocenters. The molecule has 11 aromatic rings. The van der Waals surface area contributed by atoms with E-state index in [1.54, 1.807) is 0 Å². The van der Waals surface area contributed by atoms with Gasteiger partial charge in [-0.1, -0.05) is 198 Å². The molecule has 2 aliphatic carbocycles. The lowest BCUT2D eigenvalue weighted by Crippen LogP contribution is -2.62. The second-order valence-electron chi connectivity index (χ2n) is 29.4. The van der Waals surface area contributed by atoms with Gasteiger partial charge in [-0.05, 0) is 165 Å². The Hall–Kier alpha value is -7.96. The summed E-state index contributed by atoms with van der Waals surface area (Å²) in [5.41, 5.74) is 25.8. The molecule has 2 unspecified atom stereocenters. The largest absolute Gasteiger partial charge is 0.456 e. The summed E-state index contributed by atoms with van der Waals surface area (Å²) in [4.78, 5) is 8.19. The number of anilines is 8. The van der Waals surface area contributed by atoms with Gasteiger partial charge in [-0.2, -0.15) is 0 Å². The van der Waals surface area contributed by atoms with Crippen LogP contribution in [0.3, 0.4) is 0 Å². The first-order chi connectivity index (χ1) is 40.1. The molecule has 1 fully saturated rings. The van der Waals surface area contributed by atoms with Crippen LogP contribution in [-0.4, -0.2) is 12.3 Å². The van der Waals surface area contributed by atoms with Crippen molar-refractivity contribution >= 4 is 112 Å². The molecular formula is C78H76BN3O2. The van der Waals surface area contributed by atoms with Crippen molar-refractivity contribution in [2.45, 2.75) is 154 Å². The number of furan rings is 2. The zero-order valence-electron chi connectivity index (χ0n) is 51.1. The third-order valence-corrected chi connectivity index (χ3v) is 21.6. The van der Waals surface area contributed by atoms with E-state index in [4.69, 9.17) is 8.83 Å². The monoisotopic (exact) mass is 1100 g/mol. The van der Waals surface area contributed by atoms with E-state index < -0.39 is 0 Å². The Kier molecular flexibility index (Phi) is 10.7. The summed E-state index contributed by atoms with van der Waals surface area (Å²) in [5, 5.41) is 4.50. The van der Waals surface area contributed by atoms with E-state index in [0.717, 1.165) is 86.6 Å². The predicted molar refractivity (Wildman–Crippen MR) is 356 cm³/mol. The van der Waals surface area contributed by atoms with Gasteiger partial charge in [0.1, 0.15) is 16.7 Å². The molecule has 0 amide bonds. The van der Waals surface area contributed by atoms with E-state index in [-0.39, 0.29) is 39.3 Å². The van der Waals surface area contributed by atoms with Gasteiger partial charge in [-0.15, -0.1) is 0 Å². The van der Waals surface area contributed by atoms with Gasteiger partial charge in [-0.25, -0.2) is 0 Å². The molecule has 5 nitrogen and oxygen atoms in total. The first kappa shape index (κ1) is 51.7. The van der Waals surface area contributed by atoms with E-state index in [1.165, 1.54) is 96.6 Å². The highest BCUT2D eigenvalue weighted by molar-refractivity contribution is 7.00. The Morgan fingerprint density at radius 1 is 0.440 bits per heavy atom. The summed E-state index contributed by atoms with van der Waals surface area (Å²) in [6.07, 6.45) is 6.85. The summed E-state index contributed by atoms with van der Waals surface area (Å²) in [7, 11) is 0. The van der Waals surface area contributed by atoms with Gasteiger partial charge >= 0.3 is 0 Å². The number of para-hydroxylation sites is 2. The highest BCUT2D eigenvalue weighted by Gasteiger charge is 2.59. The van der Waals surface area contributed by atoms with E-state index in [2.05, 4.69) is 268 Å². The molecule has 418 valence electrons. The van der Waals surface area contributed by atoms with Gasteiger partial charge in [0.15, 0.2) is 5.58 Å². The van der Waals surface area contributed by atoms with Crippen LogP contribution in [0.1, 0.15) is 149 Å². The van der Waals surface area contributed by atoms with Crippen molar-refractivity contribution in [1.82, 2.24) is 0 Å². The summed E-state index contributed by atoms with van der Waals surface area (Å²) >= 11 is 0. The summed E-state index contributed by atoms with van der Waals surface area (Å²) in [6.45, 7) is 29.1. The maximum absolute atomic E-state index is 7.43. The molecule has 3 aliphatic heterocycles. The fourth-order valence-electron chi connectivity index (χ4n) is 16.5. The van der Waals surface area contributed by atoms with Gasteiger partial charge in [0, 0.05) is 55.6 Å². The number of benzene rings is 9. The first-order valence-corrected chi connectivity index (χ1v) is 31.1. The molecule has 5 heterocycles. The Bertz CT molecular complexity index is 4600. The number of fused-ring (bicyclic) bond motifs is 15. The van der Waals surface area contributed by atoms with Crippen molar-refractivity contribution in [2.24, 2.45) is 0 Å². The standard InChI is InChI=1S/C78H76BN3O2/c1-73(2,3)48-31-35-60(54(41-48)47-23-14-13-15-24-47)81-65-44-50(82-61-36-32-49(74(4,5)6)42-57(61)77(11)37-20-21-38-78(77,82)12)43-64-70(65)79(58-34-33-52-51-25-16-18-28-66(51)84-72(52)71(58)81)59-45-55-56(76(9,10)40-39-75(55,7)8)46-63(59)80(64)62-27-22-30-68-69(62)53-26-17-19-29-67(53)83-68/h13-19,22-36,41-46H,20-21,37-40H2,1-12H3. The average Bonchev–Trinajstić information content (AvgIpc) is 1.15. The fourth-order valence-corrected chi connectivity index (χ4v) is 16.5. The SMILES string of the molecule is CC(C)(C)c1ccc(N2c3cc(N4c5ccc(C(C)(C)C)cc5C5(C)CCCCC45C)cc4c3B(c3cc5c(cc3N4c3cccc4oc6ccccc6c34)C(C)(C)CCC5(C)C)c3ccc4c(oc5ccccc54)c32)c(-c2ccccc2)c1. The van der Waals surface area contributed by atoms with E-state index in [0.29, 0.717) is 0 Å². The second kappa shape index (κ2) is 17.3. The van der Waals surface area contributed by atoms with E-state index in [9.17, 15) is 0 Å². The van der Waals surface area contributed by atoms with Gasteiger partial charge in [0.25, 0.3) is 6.71 Å². The topological polar surface area (TPSA) is 36.0 Å². The smallest absolute Gasteiger partial charge is 0.252 e. The van der Waals surface area contributed by atoms with Crippen LogP contribution >= 0.6 is 0 Å². The molecule has 6 heteroatoms. The summed E-state index contributed by atoms with van der Waals surface area (Å²) in [5.74, 6) is 0.